The maximum absolute atomic E-state index is 12.8. The molecule has 9 heteroatoms. The number of hydrogen-bond donors (Lipinski definition) is 3. The summed E-state index contributed by atoms with van der Waals surface area (Å²) in [7, 11) is 0. The first-order chi connectivity index (χ1) is 10.9. The Morgan fingerprint density at radius 2 is 2.30 bits per heavy atom. The number of allylic oxidation sites excluding steroid dienone is 1. The van der Waals surface area contributed by atoms with E-state index in [0.717, 1.165) is 4.57 Å². The molecule has 1 saturated heterocycles. The monoisotopic (exact) mass is 325 g/mol. The molecular weight excluding hydrogens is 309 g/mol. The van der Waals surface area contributed by atoms with Gasteiger partial charge >= 0.3 is 5.69 Å². The van der Waals surface area contributed by atoms with Gasteiger partial charge < -0.3 is 20.7 Å². The van der Waals surface area contributed by atoms with Crippen LogP contribution in [0, 0.1) is 0 Å². The molecule has 4 N–H and O–H groups in total. The standard InChI is InChI=1S/C14H16FN3O5/c1-7(20)2-3-8-5-18(14(22)17-12(8)16)13-11(21)9(4-15)10(6-19)23-13/h2-5,10-11,13,19,21H,6H2,1H3,(H2,16,17,22)/b3-2+,9-4-. The second-order valence-electron chi connectivity index (χ2n) is 4.97. The number of aliphatic hydroxyl groups excluding tert-OH is 2. The van der Waals surface area contributed by atoms with E-state index in [4.69, 9.17) is 15.6 Å². The Morgan fingerprint density at radius 3 is 2.83 bits per heavy atom. The third-order valence-electron chi connectivity index (χ3n) is 3.36. The summed E-state index contributed by atoms with van der Waals surface area (Å²) < 4.78 is 19.1. The number of aromatic nitrogens is 2. The van der Waals surface area contributed by atoms with Crippen LogP contribution in [0.25, 0.3) is 6.08 Å². The minimum absolute atomic E-state index is 0.101. The molecule has 23 heavy (non-hydrogen) atoms. The van der Waals surface area contributed by atoms with Crippen LogP contribution in [0.2, 0.25) is 0 Å². The van der Waals surface area contributed by atoms with Crippen molar-refractivity contribution in [3.63, 3.8) is 0 Å². The number of nitrogens with zero attached hydrogens (tertiary/aromatic N) is 2. The lowest BCUT2D eigenvalue weighted by Crippen LogP contribution is -2.32. The van der Waals surface area contributed by atoms with Crippen molar-refractivity contribution in [3.05, 3.63) is 40.2 Å². The second-order valence-corrected chi connectivity index (χ2v) is 4.97. The van der Waals surface area contributed by atoms with E-state index in [9.17, 15) is 19.1 Å². The third kappa shape index (κ3) is 3.36. The van der Waals surface area contributed by atoms with Crippen molar-refractivity contribution in [2.75, 3.05) is 12.3 Å². The van der Waals surface area contributed by atoms with Crippen LogP contribution < -0.4 is 11.4 Å². The van der Waals surface area contributed by atoms with Crippen LogP contribution in [0.1, 0.15) is 18.7 Å². The van der Waals surface area contributed by atoms with Crippen molar-refractivity contribution in [1.82, 2.24) is 9.55 Å². The summed E-state index contributed by atoms with van der Waals surface area (Å²) in [5.74, 6) is -0.335. The van der Waals surface area contributed by atoms with E-state index in [1.807, 2.05) is 0 Å². The fourth-order valence-corrected chi connectivity index (χ4v) is 2.19. The molecule has 0 aromatic carbocycles. The second kappa shape index (κ2) is 6.82. The van der Waals surface area contributed by atoms with Crippen LogP contribution in [-0.4, -0.2) is 44.4 Å². The highest BCUT2D eigenvalue weighted by atomic mass is 19.1. The van der Waals surface area contributed by atoms with Crippen LogP contribution >= 0.6 is 0 Å². The van der Waals surface area contributed by atoms with Gasteiger partial charge in [0.1, 0.15) is 18.0 Å². The lowest BCUT2D eigenvalue weighted by Gasteiger charge is -2.17. The fourth-order valence-electron chi connectivity index (χ4n) is 2.19. The van der Waals surface area contributed by atoms with Gasteiger partial charge in [-0.25, -0.2) is 9.18 Å². The van der Waals surface area contributed by atoms with Crippen LogP contribution in [0.4, 0.5) is 10.2 Å². The van der Waals surface area contributed by atoms with Crippen molar-refractivity contribution >= 4 is 17.7 Å². The van der Waals surface area contributed by atoms with Crippen LogP contribution in [-0.2, 0) is 9.53 Å². The quantitative estimate of drug-likeness (QED) is 0.639. The number of ketones is 1. The Labute approximate surface area is 130 Å². The number of aliphatic hydroxyl groups is 2. The van der Waals surface area contributed by atoms with Crippen LogP contribution in [0.15, 0.2) is 29.0 Å². The average molecular weight is 325 g/mol. The number of nitrogens with two attached hydrogens (primary N) is 1. The highest BCUT2D eigenvalue weighted by Crippen LogP contribution is 2.33. The van der Waals surface area contributed by atoms with Gasteiger partial charge in [0.2, 0.25) is 0 Å². The molecule has 2 rings (SSSR count). The highest BCUT2D eigenvalue weighted by Gasteiger charge is 2.40. The predicted molar refractivity (Wildman–Crippen MR) is 78.8 cm³/mol. The van der Waals surface area contributed by atoms with Gasteiger partial charge in [-0.15, -0.1) is 0 Å². The molecule has 3 atom stereocenters. The highest BCUT2D eigenvalue weighted by molar-refractivity contribution is 5.92. The summed E-state index contributed by atoms with van der Waals surface area (Å²) in [5.41, 5.74) is 4.88. The third-order valence-corrected chi connectivity index (χ3v) is 3.36. The molecule has 0 spiro atoms. The molecule has 1 aliphatic heterocycles. The van der Waals surface area contributed by atoms with Gasteiger partial charge in [-0.3, -0.25) is 9.36 Å². The molecule has 1 fully saturated rings. The molecule has 1 aromatic heterocycles. The van der Waals surface area contributed by atoms with E-state index in [2.05, 4.69) is 4.98 Å². The van der Waals surface area contributed by atoms with E-state index in [1.54, 1.807) is 0 Å². The number of anilines is 1. The van der Waals surface area contributed by atoms with Crippen LogP contribution in [0.5, 0.6) is 0 Å². The first kappa shape index (κ1) is 17.0. The van der Waals surface area contributed by atoms with Crippen LogP contribution in [0.3, 0.4) is 0 Å². The summed E-state index contributed by atoms with van der Waals surface area (Å²) in [4.78, 5) is 26.5. The molecule has 0 radical (unpaired) electrons. The van der Waals surface area contributed by atoms with Crippen molar-refractivity contribution in [2.45, 2.75) is 25.4 Å². The van der Waals surface area contributed by atoms with E-state index >= 15 is 0 Å². The zero-order valence-electron chi connectivity index (χ0n) is 12.2. The van der Waals surface area contributed by atoms with Gasteiger partial charge in [0.05, 0.1) is 12.9 Å². The number of carbonyl (C=O) groups is 1. The summed E-state index contributed by atoms with van der Waals surface area (Å²) in [6.07, 6.45) is 0.172. The molecule has 8 nitrogen and oxygen atoms in total. The zero-order valence-corrected chi connectivity index (χ0v) is 12.2. The van der Waals surface area contributed by atoms with Crippen molar-refractivity contribution in [3.8, 4) is 0 Å². The average Bonchev–Trinajstić information content (AvgIpc) is 2.82. The molecule has 0 amide bonds. The Balaban J connectivity index is 2.46. The molecule has 1 aliphatic rings. The van der Waals surface area contributed by atoms with Gasteiger partial charge in [-0.1, -0.05) is 0 Å². The molecule has 0 aliphatic carbocycles. The molecule has 0 saturated carbocycles. The van der Waals surface area contributed by atoms with E-state index in [1.165, 1.54) is 25.3 Å². The predicted octanol–water partition coefficient (Wildman–Crippen LogP) is -0.468. The molecule has 124 valence electrons. The Bertz CT molecular complexity index is 728. The lowest BCUT2D eigenvalue weighted by atomic mass is 10.1. The maximum Gasteiger partial charge on any atom is 0.351 e. The van der Waals surface area contributed by atoms with Gasteiger partial charge in [0.25, 0.3) is 0 Å². The Hall–Kier alpha value is -2.36. The number of ether oxygens (including phenoxy) is 1. The number of halogens is 1. The summed E-state index contributed by atoms with van der Waals surface area (Å²) in [5, 5.41) is 19.2. The van der Waals surface area contributed by atoms with E-state index < -0.39 is 30.7 Å². The van der Waals surface area contributed by atoms with Gasteiger partial charge in [0.15, 0.2) is 12.0 Å². The zero-order chi connectivity index (χ0) is 17.1. The van der Waals surface area contributed by atoms with Crippen molar-refractivity contribution < 1.29 is 24.1 Å². The van der Waals surface area contributed by atoms with E-state index in [-0.39, 0.29) is 29.1 Å². The Morgan fingerprint density at radius 1 is 1.61 bits per heavy atom. The smallest absolute Gasteiger partial charge is 0.351 e. The minimum atomic E-state index is -1.47. The normalized spacial score (nSPS) is 26.3. The molecular formula is C14H16FN3O5. The van der Waals surface area contributed by atoms with Crippen molar-refractivity contribution in [1.29, 1.82) is 0 Å². The van der Waals surface area contributed by atoms with E-state index in [0.29, 0.717) is 0 Å². The number of nitrogen functional groups attached to an aromatic ring is 1. The van der Waals surface area contributed by atoms with Gasteiger partial charge in [0, 0.05) is 17.3 Å². The SMILES string of the molecule is CC(=O)/C=C/c1cn(C2OC(CO)/C(=C/F)C2O)c(=O)nc1N. The number of rotatable bonds is 4. The minimum Gasteiger partial charge on any atom is -0.393 e. The first-order valence-electron chi connectivity index (χ1n) is 6.71. The lowest BCUT2D eigenvalue weighted by molar-refractivity contribution is -0.112. The largest absolute Gasteiger partial charge is 0.393 e. The number of hydrogen-bond acceptors (Lipinski definition) is 7. The molecule has 0 bridgehead atoms. The molecule has 3 unspecified atom stereocenters. The summed E-state index contributed by atoms with van der Waals surface area (Å²) in [6, 6.07) is 0. The number of carbonyl (C=O) groups excluding carboxylic acids is 1. The molecule has 2 heterocycles. The Kier molecular flexibility index (Phi) is 5.04. The van der Waals surface area contributed by atoms with Crippen molar-refractivity contribution in [2.24, 2.45) is 0 Å². The molecule has 1 aromatic rings. The maximum atomic E-state index is 12.8. The topological polar surface area (TPSA) is 128 Å². The van der Waals surface area contributed by atoms with Gasteiger partial charge in [-0.05, 0) is 19.1 Å². The van der Waals surface area contributed by atoms with Gasteiger partial charge in [-0.2, -0.15) is 4.98 Å². The first-order valence-corrected chi connectivity index (χ1v) is 6.71. The summed E-state index contributed by atoms with van der Waals surface area (Å²) >= 11 is 0. The summed E-state index contributed by atoms with van der Waals surface area (Å²) in [6.45, 7) is 0.779. The fraction of sp³-hybridized carbons (Fsp3) is 0.357.